The molecule has 1 aliphatic rings. The van der Waals surface area contributed by atoms with E-state index in [1.54, 1.807) is 9.58 Å². The van der Waals surface area contributed by atoms with E-state index >= 15 is 0 Å². The molecule has 2 N–H and O–H groups in total. The van der Waals surface area contributed by atoms with Crippen LogP contribution in [0.25, 0.3) is 15.9 Å². The Morgan fingerprint density at radius 3 is 2.85 bits per heavy atom. The average Bonchev–Trinajstić information content (AvgIpc) is 3.22. The zero-order valence-electron chi connectivity index (χ0n) is 14.8. The number of aryl methyl sites for hydroxylation is 1. The number of fused-ring (bicyclic) bond motifs is 1. The Kier molecular flexibility index (Phi) is 4.65. The highest BCUT2D eigenvalue weighted by Crippen LogP contribution is 2.33. The Morgan fingerprint density at radius 2 is 2.11 bits per heavy atom. The Bertz CT molecular complexity index is 1040. The van der Waals surface area contributed by atoms with Crippen LogP contribution >= 0.6 is 22.9 Å². The van der Waals surface area contributed by atoms with Crippen molar-refractivity contribution in [2.75, 3.05) is 13.1 Å². The summed E-state index contributed by atoms with van der Waals surface area (Å²) in [7, 11) is 0. The third kappa shape index (κ3) is 3.21. The summed E-state index contributed by atoms with van der Waals surface area (Å²) in [5, 5.41) is 6.12. The number of likely N-dealkylation sites (tertiary alicyclic amines) is 1. The number of hydrogen-bond donors (Lipinski definition) is 1. The van der Waals surface area contributed by atoms with Gasteiger partial charge in [-0.05, 0) is 38.0 Å². The molecule has 1 unspecified atom stereocenters. The lowest BCUT2D eigenvalue weighted by Gasteiger charge is -2.30. The number of benzene rings is 1. The average molecular weight is 403 g/mol. The predicted octanol–water partition coefficient (Wildman–Crippen LogP) is 3.39. The normalized spacial score (nSPS) is 17.4. The minimum absolute atomic E-state index is 0.0627. The number of halogens is 1. The van der Waals surface area contributed by atoms with E-state index in [0.29, 0.717) is 23.0 Å². The van der Waals surface area contributed by atoms with Gasteiger partial charge in [0.05, 0.1) is 27.2 Å². The molecule has 1 atom stereocenters. The smallest absolute Gasteiger partial charge is 0.264 e. The highest BCUT2D eigenvalue weighted by atomic mass is 35.5. The zero-order chi connectivity index (χ0) is 19.1. The summed E-state index contributed by atoms with van der Waals surface area (Å²) in [6.45, 7) is 2.95. The van der Waals surface area contributed by atoms with Crippen LogP contribution in [0.15, 0.2) is 30.3 Å². The van der Waals surface area contributed by atoms with Crippen LogP contribution in [0.1, 0.15) is 28.2 Å². The van der Waals surface area contributed by atoms with Crippen LogP contribution in [0.4, 0.5) is 0 Å². The minimum atomic E-state index is -0.339. The predicted molar refractivity (Wildman–Crippen MR) is 107 cm³/mol. The number of primary amides is 1. The number of para-hydroxylation sites is 1. The van der Waals surface area contributed by atoms with Gasteiger partial charge < -0.3 is 10.6 Å². The number of carbonyl (C=O) groups excluding carboxylic acids is 2. The molecular weight excluding hydrogens is 384 g/mol. The van der Waals surface area contributed by atoms with E-state index in [1.165, 1.54) is 11.3 Å². The summed E-state index contributed by atoms with van der Waals surface area (Å²) in [6, 6.07) is 9.37. The van der Waals surface area contributed by atoms with E-state index in [1.807, 2.05) is 37.3 Å². The molecular formula is C19H19ClN4O2S. The molecule has 0 bridgehead atoms. The van der Waals surface area contributed by atoms with Crippen molar-refractivity contribution in [3.8, 4) is 5.69 Å². The molecule has 0 aliphatic carbocycles. The Hall–Kier alpha value is -2.38. The van der Waals surface area contributed by atoms with Crippen molar-refractivity contribution in [1.29, 1.82) is 0 Å². The second-order valence-electron chi connectivity index (χ2n) is 6.77. The lowest BCUT2D eigenvalue weighted by molar-refractivity contribution is -0.123. The van der Waals surface area contributed by atoms with Gasteiger partial charge in [0.15, 0.2) is 0 Å². The topological polar surface area (TPSA) is 81.2 Å². The van der Waals surface area contributed by atoms with Crippen LogP contribution in [0, 0.1) is 12.8 Å². The Labute approximate surface area is 165 Å². The molecule has 1 fully saturated rings. The number of nitrogens with two attached hydrogens (primary N) is 1. The number of rotatable bonds is 3. The second-order valence-corrected chi connectivity index (χ2v) is 8.21. The van der Waals surface area contributed by atoms with Gasteiger partial charge in [-0.3, -0.25) is 9.59 Å². The molecule has 2 amide bonds. The van der Waals surface area contributed by atoms with E-state index in [2.05, 4.69) is 5.10 Å². The zero-order valence-corrected chi connectivity index (χ0v) is 16.4. The fourth-order valence-corrected chi connectivity index (χ4v) is 4.85. The van der Waals surface area contributed by atoms with Crippen molar-refractivity contribution in [3.63, 3.8) is 0 Å². The molecule has 1 aliphatic heterocycles. The van der Waals surface area contributed by atoms with E-state index in [9.17, 15) is 9.59 Å². The van der Waals surface area contributed by atoms with E-state index < -0.39 is 0 Å². The number of aromatic nitrogens is 2. The van der Waals surface area contributed by atoms with Crippen LogP contribution in [0.3, 0.4) is 0 Å². The van der Waals surface area contributed by atoms with Gasteiger partial charge in [-0.1, -0.05) is 23.7 Å². The van der Waals surface area contributed by atoms with Crippen LogP contribution < -0.4 is 5.73 Å². The molecule has 140 valence electrons. The van der Waals surface area contributed by atoms with Gasteiger partial charge in [0.2, 0.25) is 5.91 Å². The molecule has 4 rings (SSSR count). The number of thiophene rings is 1. The van der Waals surface area contributed by atoms with Gasteiger partial charge in [-0.15, -0.1) is 11.3 Å². The first-order chi connectivity index (χ1) is 13.0. The summed E-state index contributed by atoms with van der Waals surface area (Å²) in [6.07, 6.45) is 1.53. The highest BCUT2D eigenvalue weighted by molar-refractivity contribution is 7.20. The molecule has 6 nitrogen and oxygen atoms in total. The quantitative estimate of drug-likeness (QED) is 0.729. The number of nitrogens with zero attached hydrogens (tertiary/aromatic N) is 3. The van der Waals surface area contributed by atoms with Gasteiger partial charge in [-0.2, -0.15) is 5.10 Å². The molecule has 0 radical (unpaired) electrons. The maximum absolute atomic E-state index is 13.0. The van der Waals surface area contributed by atoms with Gasteiger partial charge in [0.1, 0.15) is 4.83 Å². The highest BCUT2D eigenvalue weighted by Gasteiger charge is 2.29. The summed E-state index contributed by atoms with van der Waals surface area (Å²) in [4.78, 5) is 27.7. The third-order valence-corrected chi connectivity index (χ3v) is 6.37. The van der Waals surface area contributed by atoms with Crippen molar-refractivity contribution < 1.29 is 9.59 Å². The van der Waals surface area contributed by atoms with Crippen molar-refractivity contribution in [2.45, 2.75) is 19.8 Å². The SMILES string of the molecule is Cc1nn(-c2ccccc2Cl)c2sc(C(=O)N3CCCC(C(N)=O)C3)cc12. The third-order valence-electron chi connectivity index (χ3n) is 4.95. The maximum atomic E-state index is 13.0. The number of amides is 2. The molecule has 27 heavy (non-hydrogen) atoms. The summed E-state index contributed by atoms with van der Waals surface area (Å²) in [5.41, 5.74) is 7.06. The fourth-order valence-electron chi connectivity index (χ4n) is 3.49. The van der Waals surface area contributed by atoms with E-state index in [-0.39, 0.29) is 17.7 Å². The number of hydrogen-bond acceptors (Lipinski definition) is 4. The lowest BCUT2D eigenvalue weighted by Crippen LogP contribution is -2.43. The first-order valence-electron chi connectivity index (χ1n) is 8.78. The fraction of sp³-hybridized carbons (Fsp3) is 0.316. The maximum Gasteiger partial charge on any atom is 0.264 e. The van der Waals surface area contributed by atoms with Gasteiger partial charge in [-0.25, -0.2) is 4.68 Å². The molecule has 3 aromatic rings. The standard InChI is InChI=1S/C19H19ClN4O2S/c1-11-13-9-16(18(26)23-8-4-5-12(10-23)17(21)25)27-19(13)24(22-11)15-7-3-2-6-14(15)20/h2-3,6-7,9,12H,4-5,8,10H2,1H3,(H2,21,25). The molecule has 0 saturated carbocycles. The van der Waals surface area contributed by atoms with Crippen LogP contribution in [-0.2, 0) is 4.79 Å². The van der Waals surface area contributed by atoms with Gasteiger partial charge in [0, 0.05) is 18.5 Å². The monoisotopic (exact) mass is 402 g/mol. The van der Waals surface area contributed by atoms with E-state index in [0.717, 1.165) is 34.4 Å². The second kappa shape index (κ2) is 6.98. The van der Waals surface area contributed by atoms with E-state index in [4.69, 9.17) is 17.3 Å². The largest absolute Gasteiger partial charge is 0.369 e. The molecule has 0 spiro atoms. The molecule has 1 saturated heterocycles. The molecule has 3 heterocycles. The minimum Gasteiger partial charge on any atom is -0.369 e. The van der Waals surface area contributed by atoms with Crippen molar-refractivity contribution in [2.24, 2.45) is 11.7 Å². The van der Waals surface area contributed by atoms with Crippen LogP contribution in [0.2, 0.25) is 5.02 Å². The molecule has 2 aromatic heterocycles. The lowest BCUT2D eigenvalue weighted by atomic mass is 9.97. The van der Waals surface area contributed by atoms with Crippen molar-refractivity contribution in [3.05, 3.63) is 45.9 Å². The van der Waals surface area contributed by atoms with Crippen LogP contribution in [0.5, 0.6) is 0 Å². The summed E-state index contributed by atoms with van der Waals surface area (Å²) in [5.74, 6) is -0.668. The summed E-state index contributed by atoms with van der Waals surface area (Å²) >= 11 is 7.72. The summed E-state index contributed by atoms with van der Waals surface area (Å²) < 4.78 is 1.79. The van der Waals surface area contributed by atoms with Crippen molar-refractivity contribution in [1.82, 2.24) is 14.7 Å². The Morgan fingerprint density at radius 1 is 1.33 bits per heavy atom. The molecule has 8 heteroatoms. The molecule has 1 aromatic carbocycles. The first-order valence-corrected chi connectivity index (χ1v) is 9.98. The van der Waals surface area contributed by atoms with Gasteiger partial charge in [0.25, 0.3) is 5.91 Å². The Balaban J connectivity index is 1.70. The number of piperidine rings is 1. The number of carbonyl (C=O) groups is 2. The first kappa shape index (κ1) is 18.0. The van der Waals surface area contributed by atoms with Gasteiger partial charge >= 0.3 is 0 Å². The van der Waals surface area contributed by atoms with Crippen LogP contribution in [-0.4, -0.2) is 39.6 Å². The van der Waals surface area contributed by atoms with Crippen molar-refractivity contribution >= 4 is 45.0 Å².